The summed E-state index contributed by atoms with van der Waals surface area (Å²) in [5.41, 5.74) is 0.993. The molecule has 1 saturated heterocycles. The van der Waals surface area contributed by atoms with Crippen molar-refractivity contribution in [2.45, 2.75) is 25.0 Å². The third kappa shape index (κ3) is 2.89. The lowest BCUT2D eigenvalue weighted by molar-refractivity contribution is -0.162. The van der Waals surface area contributed by atoms with E-state index in [2.05, 4.69) is 0 Å². The van der Waals surface area contributed by atoms with Crippen LogP contribution in [0.5, 0.6) is 0 Å². The molecule has 0 radical (unpaired) electrons. The van der Waals surface area contributed by atoms with Gasteiger partial charge in [-0.25, -0.2) is 0 Å². The Morgan fingerprint density at radius 1 is 0.667 bits per heavy atom. The van der Waals surface area contributed by atoms with Gasteiger partial charge in [0.2, 0.25) is 0 Å². The highest BCUT2D eigenvalue weighted by Gasteiger charge is 2.75. The van der Waals surface area contributed by atoms with Crippen molar-refractivity contribution in [3.05, 3.63) is 107 Å². The number of esters is 2. The highest BCUT2D eigenvalue weighted by molar-refractivity contribution is 5.89. The Hall–Kier alpha value is -3.44. The Kier molecular flexibility index (Phi) is 5.29. The molecule has 168 valence electrons. The second kappa shape index (κ2) is 8.16. The largest absolute Gasteiger partial charge is 0.466 e. The summed E-state index contributed by atoms with van der Waals surface area (Å²) in [6.07, 6.45) is 0. The molecule has 3 aromatic carbocycles. The van der Waals surface area contributed by atoms with Gasteiger partial charge in [0.05, 0.1) is 13.2 Å². The molecule has 0 aromatic heterocycles. The quantitative estimate of drug-likeness (QED) is 0.523. The normalized spacial score (nSPS) is 27.1. The standard InChI is InChI=1S/C28H26O5/c1-3-31-25(29)23-24(26(30)32-4-2)28(20-15-9-6-10-16-20)22-18-12-11-17-21(22)27(23,33-28)19-13-7-5-8-14-19/h5-18,23-24H,3-4H2,1-2H3/t23-,24-,27+,28+/m1/s1. The molecule has 2 aliphatic heterocycles. The van der Waals surface area contributed by atoms with E-state index in [1.807, 2.05) is 84.9 Å². The first kappa shape index (κ1) is 21.4. The van der Waals surface area contributed by atoms with E-state index in [9.17, 15) is 9.59 Å². The van der Waals surface area contributed by atoms with E-state index in [0.29, 0.717) is 0 Å². The lowest BCUT2D eigenvalue weighted by Crippen LogP contribution is -2.49. The van der Waals surface area contributed by atoms with Crippen LogP contribution < -0.4 is 0 Å². The van der Waals surface area contributed by atoms with Crippen LogP contribution in [0.4, 0.5) is 0 Å². The van der Waals surface area contributed by atoms with Crippen molar-refractivity contribution in [2.24, 2.45) is 11.8 Å². The fraction of sp³-hybridized carbons (Fsp3) is 0.286. The van der Waals surface area contributed by atoms with E-state index >= 15 is 0 Å². The van der Waals surface area contributed by atoms with Crippen LogP contribution in [-0.4, -0.2) is 25.2 Å². The number of carbonyl (C=O) groups is 2. The van der Waals surface area contributed by atoms with E-state index in [1.165, 1.54) is 0 Å². The lowest BCUT2D eigenvalue weighted by atomic mass is 9.60. The van der Waals surface area contributed by atoms with Crippen LogP contribution in [-0.2, 0) is 35.0 Å². The Morgan fingerprint density at radius 3 is 1.39 bits per heavy atom. The summed E-state index contributed by atoms with van der Waals surface area (Å²) < 4.78 is 18.2. The van der Waals surface area contributed by atoms with Crippen LogP contribution >= 0.6 is 0 Å². The summed E-state index contributed by atoms with van der Waals surface area (Å²) >= 11 is 0. The monoisotopic (exact) mass is 442 g/mol. The molecule has 2 heterocycles. The van der Waals surface area contributed by atoms with Gasteiger partial charge >= 0.3 is 11.9 Å². The number of benzene rings is 3. The van der Waals surface area contributed by atoms with Crippen molar-refractivity contribution in [3.8, 4) is 0 Å². The maximum Gasteiger partial charge on any atom is 0.313 e. The van der Waals surface area contributed by atoms with Crippen LogP contribution in [0, 0.1) is 11.8 Å². The molecule has 33 heavy (non-hydrogen) atoms. The topological polar surface area (TPSA) is 61.8 Å². The van der Waals surface area contributed by atoms with E-state index in [0.717, 1.165) is 22.3 Å². The second-order valence-electron chi connectivity index (χ2n) is 8.31. The van der Waals surface area contributed by atoms with Gasteiger partial charge in [0.15, 0.2) is 0 Å². The highest BCUT2D eigenvalue weighted by atomic mass is 16.6. The number of fused-ring (bicyclic) bond motifs is 5. The van der Waals surface area contributed by atoms with Gasteiger partial charge in [-0.15, -0.1) is 0 Å². The molecule has 5 rings (SSSR count). The lowest BCUT2D eigenvalue weighted by Gasteiger charge is -2.38. The molecule has 0 N–H and O–H groups in total. The van der Waals surface area contributed by atoms with Crippen LogP contribution in [0.1, 0.15) is 36.1 Å². The Morgan fingerprint density at radius 2 is 1.03 bits per heavy atom. The molecule has 0 spiro atoms. The van der Waals surface area contributed by atoms with E-state index in [1.54, 1.807) is 13.8 Å². The van der Waals surface area contributed by atoms with E-state index in [4.69, 9.17) is 14.2 Å². The zero-order chi connectivity index (χ0) is 23.1. The summed E-state index contributed by atoms with van der Waals surface area (Å²) in [5, 5.41) is 0. The molecule has 0 unspecified atom stereocenters. The minimum Gasteiger partial charge on any atom is -0.466 e. The van der Waals surface area contributed by atoms with Gasteiger partial charge in [-0.05, 0) is 36.1 Å². The summed E-state index contributed by atoms with van der Waals surface area (Å²) in [7, 11) is 0. The van der Waals surface area contributed by atoms with Crippen molar-refractivity contribution in [1.82, 2.24) is 0 Å². The molecule has 3 aromatic rings. The number of hydrogen-bond acceptors (Lipinski definition) is 5. The van der Waals surface area contributed by atoms with Gasteiger partial charge in [0.25, 0.3) is 0 Å². The van der Waals surface area contributed by atoms with Crippen molar-refractivity contribution >= 4 is 11.9 Å². The molecule has 5 nitrogen and oxygen atoms in total. The summed E-state index contributed by atoms with van der Waals surface area (Å²) in [5.74, 6) is -2.75. The SMILES string of the molecule is CCOC(=O)[C@H]1[C@H](C(=O)OCC)[C@@]2(c3ccccc3)O[C@@]1(c1ccccc1)c1ccccc12. The molecular weight excluding hydrogens is 416 g/mol. The van der Waals surface area contributed by atoms with Crippen LogP contribution in [0.2, 0.25) is 0 Å². The first-order valence-corrected chi connectivity index (χ1v) is 11.4. The first-order chi connectivity index (χ1) is 16.1. The van der Waals surface area contributed by atoms with Gasteiger partial charge in [0, 0.05) is 0 Å². The van der Waals surface area contributed by atoms with Gasteiger partial charge < -0.3 is 14.2 Å². The van der Waals surface area contributed by atoms with Crippen LogP contribution in [0.25, 0.3) is 0 Å². The van der Waals surface area contributed by atoms with E-state index in [-0.39, 0.29) is 13.2 Å². The Labute approximate surface area is 193 Å². The predicted molar refractivity (Wildman–Crippen MR) is 122 cm³/mol. The fourth-order valence-corrected chi connectivity index (χ4v) is 5.65. The average molecular weight is 443 g/mol. The zero-order valence-electron chi connectivity index (χ0n) is 18.7. The molecule has 0 saturated carbocycles. The minimum absolute atomic E-state index is 0.204. The number of carbonyl (C=O) groups excluding carboxylic acids is 2. The fourth-order valence-electron chi connectivity index (χ4n) is 5.65. The van der Waals surface area contributed by atoms with Gasteiger partial charge in [-0.3, -0.25) is 9.59 Å². The molecule has 4 atom stereocenters. The summed E-state index contributed by atoms with van der Waals surface area (Å²) in [6.45, 7) is 3.94. The second-order valence-corrected chi connectivity index (χ2v) is 8.31. The number of hydrogen-bond donors (Lipinski definition) is 0. The van der Waals surface area contributed by atoms with Crippen molar-refractivity contribution in [2.75, 3.05) is 13.2 Å². The molecule has 1 fully saturated rings. The molecule has 0 aliphatic carbocycles. The third-order valence-electron chi connectivity index (χ3n) is 6.74. The Bertz CT molecular complexity index is 1080. The summed E-state index contributed by atoms with van der Waals surface area (Å²) in [4.78, 5) is 27.2. The molecule has 2 aliphatic rings. The molecule has 0 amide bonds. The van der Waals surface area contributed by atoms with Crippen LogP contribution in [0.15, 0.2) is 84.9 Å². The average Bonchev–Trinajstić information content (AvgIpc) is 3.35. The predicted octanol–water partition coefficient (Wildman–Crippen LogP) is 4.58. The third-order valence-corrected chi connectivity index (χ3v) is 6.74. The van der Waals surface area contributed by atoms with Crippen molar-refractivity contribution in [3.63, 3.8) is 0 Å². The summed E-state index contributed by atoms with van der Waals surface area (Å²) in [6, 6.07) is 27.1. The zero-order valence-corrected chi connectivity index (χ0v) is 18.7. The van der Waals surface area contributed by atoms with Gasteiger partial charge in [-0.2, -0.15) is 0 Å². The van der Waals surface area contributed by atoms with Crippen LogP contribution in [0.3, 0.4) is 0 Å². The highest BCUT2D eigenvalue weighted by Crippen LogP contribution is 2.68. The minimum atomic E-state index is -1.18. The molecule has 5 heteroatoms. The molecule has 2 bridgehead atoms. The maximum atomic E-state index is 13.6. The maximum absolute atomic E-state index is 13.6. The first-order valence-electron chi connectivity index (χ1n) is 11.4. The van der Waals surface area contributed by atoms with Crippen molar-refractivity contribution < 1.29 is 23.8 Å². The number of ether oxygens (including phenoxy) is 3. The molecular formula is C28H26O5. The Balaban J connectivity index is 1.88. The smallest absolute Gasteiger partial charge is 0.313 e. The van der Waals surface area contributed by atoms with E-state index < -0.39 is 35.0 Å². The van der Waals surface area contributed by atoms with Crippen molar-refractivity contribution in [1.29, 1.82) is 0 Å². The number of rotatable bonds is 6. The van der Waals surface area contributed by atoms with Gasteiger partial charge in [-0.1, -0.05) is 84.9 Å². The van der Waals surface area contributed by atoms with Gasteiger partial charge in [0.1, 0.15) is 23.0 Å².